The van der Waals surface area contributed by atoms with Gasteiger partial charge in [0, 0.05) is 17.1 Å². The van der Waals surface area contributed by atoms with Gasteiger partial charge in [-0.3, -0.25) is 4.79 Å². The van der Waals surface area contributed by atoms with Crippen LogP contribution in [-0.2, 0) is 22.7 Å². The maximum absolute atomic E-state index is 13.4. The molecule has 0 aliphatic carbocycles. The van der Waals surface area contributed by atoms with Gasteiger partial charge in [0.2, 0.25) is 10.0 Å². The minimum Gasteiger partial charge on any atom is -0.321 e. The van der Waals surface area contributed by atoms with E-state index in [1.54, 1.807) is 17.5 Å². The Morgan fingerprint density at radius 2 is 1.83 bits per heavy atom. The summed E-state index contributed by atoms with van der Waals surface area (Å²) in [5.74, 6) is -2.40. The molecule has 0 spiro atoms. The summed E-state index contributed by atoms with van der Waals surface area (Å²) in [5.41, 5.74) is -1.85. The number of benzene rings is 1. The van der Waals surface area contributed by atoms with E-state index in [1.165, 1.54) is 22.8 Å². The van der Waals surface area contributed by atoms with Gasteiger partial charge in [-0.2, -0.15) is 13.2 Å². The molecule has 29 heavy (non-hydrogen) atoms. The molecule has 0 aliphatic rings. The van der Waals surface area contributed by atoms with E-state index in [9.17, 15) is 30.8 Å². The summed E-state index contributed by atoms with van der Waals surface area (Å²) in [7, 11) is -4.03. The first kappa shape index (κ1) is 21.4. The maximum Gasteiger partial charge on any atom is 0.419 e. The van der Waals surface area contributed by atoms with Crippen molar-refractivity contribution in [1.82, 2.24) is 4.72 Å². The first-order chi connectivity index (χ1) is 13.6. The summed E-state index contributed by atoms with van der Waals surface area (Å²) in [6, 6.07) is 6.70. The number of hydrogen-bond donors (Lipinski definition) is 2. The fourth-order valence-electron chi connectivity index (χ4n) is 2.34. The topological polar surface area (TPSA) is 75.3 Å². The molecule has 0 saturated heterocycles. The molecule has 3 aromatic rings. The summed E-state index contributed by atoms with van der Waals surface area (Å²) in [4.78, 5) is 12.7. The van der Waals surface area contributed by atoms with Crippen molar-refractivity contribution in [2.75, 3.05) is 5.32 Å². The standard InChI is InChI=1S/C17H12F4N2O3S3/c18-13-4-3-10(8-12(13)17(19,20)21)23-16(24)15-14(5-7-28-15)29(25,26)22-9-11-2-1-6-27-11/h1-8,22H,9H2,(H,23,24). The van der Waals surface area contributed by atoms with Crippen LogP contribution in [0.3, 0.4) is 0 Å². The molecule has 0 fully saturated rings. The number of amides is 1. The molecule has 0 saturated carbocycles. The number of hydrogen-bond acceptors (Lipinski definition) is 5. The van der Waals surface area contributed by atoms with Crippen molar-refractivity contribution in [2.24, 2.45) is 0 Å². The average molecular weight is 464 g/mol. The second kappa shape index (κ2) is 8.22. The molecule has 2 heterocycles. The molecule has 12 heteroatoms. The van der Waals surface area contributed by atoms with Crippen LogP contribution in [0.1, 0.15) is 20.1 Å². The van der Waals surface area contributed by atoms with Crippen molar-refractivity contribution in [3.63, 3.8) is 0 Å². The Kier molecular flexibility index (Phi) is 6.08. The molecule has 5 nitrogen and oxygen atoms in total. The van der Waals surface area contributed by atoms with Crippen molar-refractivity contribution in [1.29, 1.82) is 0 Å². The van der Waals surface area contributed by atoms with Crippen LogP contribution in [0.15, 0.2) is 52.1 Å². The van der Waals surface area contributed by atoms with Gasteiger partial charge in [0.05, 0.1) is 5.56 Å². The Bertz CT molecular complexity index is 1120. The lowest BCUT2D eigenvalue weighted by molar-refractivity contribution is -0.139. The van der Waals surface area contributed by atoms with Gasteiger partial charge in [0.1, 0.15) is 15.6 Å². The molecule has 3 rings (SSSR count). The molecule has 0 aliphatic heterocycles. The van der Waals surface area contributed by atoms with E-state index in [0.29, 0.717) is 12.1 Å². The summed E-state index contributed by atoms with van der Waals surface area (Å²) < 4.78 is 79.3. The third-order valence-electron chi connectivity index (χ3n) is 3.67. The minimum atomic E-state index is -4.94. The monoisotopic (exact) mass is 464 g/mol. The summed E-state index contributed by atoms with van der Waals surface area (Å²) in [6.45, 7) is 0.0316. The Hall–Kier alpha value is -2.28. The van der Waals surface area contributed by atoms with Crippen LogP contribution in [0, 0.1) is 5.82 Å². The van der Waals surface area contributed by atoms with Crippen LogP contribution in [0.25, 0.3) is 0 Å². The molecule has 1 amide bonds. The number of halogens is 4. The quantitative estimate of drug-likeness (QED) is 0.520. The van der Waals surface area contributed by atoms with Gasteiger partial charge in [-0.25, -0.2) is 17.5 Å². The second-order valence-corrected chi connectivity index (χ2v) is 9.35. The Morgan fingerprint density at radius 3 is 2.48 bits per heavy atom. The smallest absolute Gasteiger partial charge is 0.321 e. The highest BCUT2D eigenvalue weighted by atomic mass is 32.2. The van der Waals surface area contributed by atoms with Crippen LogP contribution in [0.2, 0.25) is 0 Å². The average Bonchev–Trinajstić information content (AvgIpc) is 3.32. The highest BCUT2D eigenvalue weighted by Gasteiger charge is 2.34. The van der Waals surface area contributed by atoms with Crippen LogP contribution in [0.5, 0.6) is 0 Å². The van der Waals surface area contributed by atoms with Gasteiger partial charge < -0.3 is 5.32 Å². The molecule has 154 valence electrons. The number of anilines is 1. The van der Waals surface area contributed by atoms with E-state index in [2.05, 4.69) is 10.0 Å². The zero-order chi connectivity index (χ0) is 21.2. The van der Waals surface area contributed by atoms with Crippen molar-refractivity contribution in [3.8, 4) is 0 Å². The van der Waals surface area contributed by atoms with Crippen LogP contribution in [0.4, 0.5) is 23.2 Å². The van der Waals surface area contributed by atoms with Gasteiger partial charge in [-0.15, -0.1) is 22.7 Å². The highest BCUT2D eigenvalue weighted by Crippen LogP contribution is 2.33. The minimum absolute atomic E-state index is 0.0316. The van der Waals surface area contributed by atoms with Gasteiger partial charge in [-0.05, 0) is 41.1 Å². The Morgan fingerprint density at radius 1 is 1.07 bits per heavy atom. The lowest BCUT2D eigenvalue weighted by Crippen LogP contribution is -2.25. The summed E-state index contributed by atoms with van der Waals surface area (Å²) in [6.07, 6.45) is -4.94. The van der Waals surface area contributed by atoms with Crippen LogP contribution < -0.4 is 10.0 Å². The molecule has 0 bridgehead atoms. The van der Waals surface area contributed by atoms with Gasteiger partial charge in [0.15, 0.2) is 0 Å². The molecular weight excluding hydrogens is 452 g/mol. The van der Waals surface area contributed by atoms with Crippen LogP contribution >= 0.6 is 22.7 Å². The maximum atomic E-state index is 13.4. The number of carbonyl (C=O) groups excluding carboxylic acids is 1. The van der Waals surface area contributed by atoms with Crippen molar-refractivity contribution < 1.29 is 30.8 Å². The number of carbonyl (C=O) groups is 1. The molecule has 0 radical (unpaired) electrons. The fourth-order valence-corrected chi connectivity index (χ4v) is 5.40. The van der Waals surface area contributed by atoms with Crippen molar-refractivity contribution >= 4 is 44.3 Å². The predicted octanol–water partition coefficient (Wildman–Crippen LogP) is 4.70. The van der Waals surface area contributed by atoms with Gasteiger partial charge in [-0.1, -0.05) is 6.07 Å². The van der Waals surface area contributed by atoms with E-state index in [4.69, 9.17) is 0 Å². The highest BCUT2D eigenvalue weighted by molar-refractivity contribution is 7.89. The summed E-state index contributed by atoms with van der Waals surface area (Å²) >= 11 is 2.17. The Balaban J connectivity index is 1.81. The van der Waals surface area contributed by atoms with E-state index >= 15 is 0 Å². The van der Waals surface area contributed by atoms with Gasteiger partial charge in [0.25, 0.3) is 5.91 Å². The van der Waals surface area contributed by atoms with E-state index < -0.39 is 33.5 Å². The SMILES string of the molecule is O=C(Nc1ccc(F)c(C(F)(F)F)c1)c1sccc1S(=O)(=O)NCc1cccs1. The van der Waals surface area contributed by atoms with E-state index in [0.717, 1.165) is 22.3 Å². The number of rotatable bonds is 6. The molecule has 2 aromatic heterocycles. The van der Waals surface area contributed by atoms with Crippen molar-refractivity contribution in [3.05, 3.63) is 68.3 Å². The third-order valence-corrected chi connectivity index (χ3v) is 7.03. The molecule has 0 atom stereocenters. The van der Waals surface area contributed by atoms with Gasteiger partial charge >= 0.3 is 6.18 Å². The molecule has 2 N–H and O–H groups in total. The molecule has 1 aromatic carbocycles. The van der Waals surface area contributed by atoms with E-state index in [1.807, 2.05) is 0 Å². The number of nitrogens with one attached hydrogen (secondary N) is 2. The molecular formula is C17H12F4N2O3S3. The largest absolute Gasteiger partial charge is 0.419 e. The number of thiophene rings is 2. The molecule has 0 unspecified atom stereocenters. The first-order valence-corrected chi connectivity index (χ1v) is 11.1. The lowest BCUT2D eigenvalue weighted by atomic mass is 10.2. The summed E-state index contributed by atoms with van der Waals surface area (Å²) in [5, 5.41) is 5.34. The second-order valence-electron chi connectivity index (χ2n) is 5.66. The third kappa shape index (κ3) is 5.01. The fraction of sp³-hybridized carbons (Fsp3) is 0.118. The number of sulfonamides is 1. The Labute approximate surface area is 171 Å². The van der Waals surface area contributed by atoms with Crippen LogP contribution in [-0.4, -0.2) is 14.3 Å². The normalized spacial score (nSPS) is 12.1. The zero-order valence-electron chi connectivity index (χ0n) is 14.3. The van der Waals surface area contributed by atoms with E-state index in [-0.39, 0.29) is 22.0 Å². The van der Waals surface area contributed by atoms with Crippen molar-refractivity contribution in [2.45, 2.75) is 17.6 Å². The zero-order valence-corrected chi connectivity index (χ0v) is 16.7. The first-order valence-electron chi connectivity index (χ1n) is 7.85. The lowest BCUT2D eigenvalue weighted by Gasteiger charge is -2.11. The predicted molar refractivity (Wildman–Crippen MR) is 102 cm³/mol. The number of alkyl halides is 3.